The van der Waals surface area contributed by atoms with E-state index in [-0.39, 0.29) is 120 Å². The molecule has 38 nitrogen and oxygen atoms in total. The Morgan fingerprint density at radius 2 is 0.642 bits per heavy atom. The van der Waals surface area contributed by atoms with Gasteiger partial charge in [0.2, 0.25) is 22.2 Å². The van der Waals surface area contributed by atoms with Crippen LogP contribution in [0.15, 0.2) is 158 Å². The summed E-state index contributed by atoms with van der Waals surface area (Å²) >= 11 is 12.1. The van der Waals surface area contributed by atoms with Crippen molar-refractivity contribution in [2.45, 2.75) is 48.3 Å². The van der Waals surface area contributed by atoms with Crippen molar-refractivity contribution >= 4 is 118 Å². The Labute approximate surface area is 794 Å². The number of carbonyl (C=O) groups excluding carboxylic acids is 15. The van der Waals surface area contributed by atoms with Gasteiger partial charge in [0, 0.05) is 115 Å². The first-order valence-electron chi connectivity index (χ1n) is 42.0. The molecule has 702 valence electrons. The number of amides is 19. The molecule has 16 rings (SSSR count). The van der Waals surface area contributed by atoms with Gasteiger partial charge in [0.15, 0.2) is 0 Å². The van der Waals surface area contributed by atoms with Crippen LogP contribution < -0.4 is 77.4 Å². The Hall–Kier alpha value is -16.8. The average Bonchev–Trinajstić information content (AvgIpc) is 1.63. The molecule has 8 aromatic carbocycles. The van der Waals surface area contributed by atoms with Crippen LogP contribution >= 0.6 is 23.2 Å². The van der Waals surface area contributed by atoms with Crippen LogP contribution in [0.5, 0.6) is 23.0 Å². The van der Waals surface area contributed by atoms with E-state index in [4.69, 9.17) is 42.1 Å². The number of hydrogen-bond acceptors (Lipinski definition) is 22. The number of carboxylic acids is 1. The molecule has 0 bridgehead atoms. The van der Waals surface area contributed by atoms with Gasteiger partial charge in [0.05, 0.1) is 75.8 Å². The Bertz CT molecular complexity index is 6640. The summed E-state index contributed by atoms with van der Waals surface area (Å²) in [6.07, 6.45) is 0. The van der Waals surface area contributed by atoms with Crippen LogP contribution in [0.25, 0.3) is 0 Å². The van der Waals surface area contributed by atoms with Gasteiger partial charge in [-0.05, 0) is 184 Å². The molecule has 8 aliphatic rings. The van der Waals surface area contributed by atoms with Crippen LogP contribution in [0.4, 0.5) is 19.2 Å². The third-order valence-electron chi connectivity index (χ3n) is 22.6. The molecule has 4 atom stereocenters. The molecule has 8 aromatic rings. The van der Waals surface area contributed by atoms with Crippen LogP contribution in [-0.4, -0.2) is 268 Å². The Kier molecular flexibility index (Phi) is 29.7. The van der Waals surface area contributed by atoms with Gasteiger partial charge in [-0.3, -0.25) is 74.0 Å². The zero-order chi connectivity index (χ0) is 98.5. The number of nitrogens with zero attached hydrogens (tertiary/aromatic N) is 6. The quantitative estimate of drug-likeness (QED) is 0.0336. The van der Waals surface area contributed by atoms with E-state index < -0.39 is 75.9 Å². The maximum Gasteiger partial charge on any atom is 0.337 e. The van der Waals surface area contributed by atoms with Crippen LogP contribution in [0.1, 0.15) is 127 Å². The summed E-state index contributed by atoms with van der Waals surface area (Å²) in [5.74, 6) is 19.0. The molecule has 40 heteroatoms. The summed E-state index contributed by atoms with van der Waals surface area (Å²) in [5.41, 5.74) is 1.26. The third kappa shape index (κ3) is 22.3. The summed E-state index contributed by atoms with van der Waals surface area (Å²) in [6, 6.07) is 39.9. The number of urea groups is 4. The lowest BCUT2D eigenvalue weighted by molar-refractivity contribution is -0.123. The lowest BCUT2D eigenvalue weighted by atomic mass is 9.98. The highest BCUT2D eigenvalue weighted by Crippen LogP contribution is 2.35. The largest absolute Gasteiger partial charge is 0.497 e. The fourth-order valence-electron chi connectivity index (χ4n) is 15.2. The maximum atomic E-state index is 13.1. The molecule has 4 saturated heterocycles. The number of hydrogen-bond donors (Lipinski definition) is 12. The van der Waals surface area contributed by atoms with Crippen molar-refractivity contribution in [1.29, 1.82) is 0 Å². The van der Waals surface area contributed by atoms with Gasteiger partial charge in [-0.15, -0.1) is 0 Å². The van der Waals surface area contributed by atoms with E-state index >= 15 is 0 Å². The number of likely N-dealkylation sites (N-methyl/N-ethyl adjacent to an activating group) is 2. The minimum atomic E-state index is -1.71. The predicted octanol–water partition coefficient (Wildman–Crippen LogP) is 4.07. The maximum absolute atomic E-state index is 13.1. The van der Waals surface area contributed by atoms with Gasteiger partial charge in [0.25, 0.3) is 65.0 Å². The molecule has 8 heterocycles. The Morgan fingerprint density at radius 1 is 0.372 bits per heavy atom. The van der Waals surface area contributed by atoms with Crippen molar-refractivity contribution in [3.8, 4) is 70.4 Å². The number of fused-ring (bicyclic) bond motifs is 4. The second-order valence-corrected chi connectivity index (χ2v) is 33.4. The molecule has 12 N–H and O–H groups in total. The number of benzene rings is 8. The zero-order valence-corrected chi connectivity index (χ0v) is 76.6. The Balaban J connectivity index is 0.000000155. The number of nitrogens with one attached hydrogen (secondary N) is 11. The van der Waals surface area contributed by atoms with Crippen LogP contribution in [0.2, 0.25) is 10.0 Å². The fraction of sp³-hybridized carbons (Fsp3) is 0.258. The summed E-state index contributed by atoms with van der Waals surface area (Å²) in [5, 5.41) is 36.7. The standard InChI is InChI=1S/C26H26ClN5O5.C26H27N5O5.C23H20N4O5.C22H16ClN3O6/c1-31(2)11-10-28-22(33)20-12-16(4-7-21(20)27)8-9-26(24(35)29-25(36)30-26)15-32-14-17-5-6-18(37-3)13-19(17)23(32)34;1-30(2)13-12-27-22(32)18-6-4-17(5-7-18)10-11-26(24(34)28-25(35)29-26)16-31-15-19-8-9-20(36-3)14-21(19)23(31)33;1-24-19(28)15-5-3-14(4-6-15)9-10-23(21(30)25-22(31)26-23)13-27-12-16-7-8-17(32-2)11-18(16)20(27)29;1-32-14-4-3-13-10-26(18(27)15(13)9-14)11-22(20(30)24-21(31)25-22)7-6-12-2-5-17(23)16(8-12)19(28)29/h4-7,12-13H,10-11,14-15H2,1-3H3,(H,28,33)(H2,29,30,35,36);4-9,14H,12-13,15-16H2,1-3H3,(H,27,32)(H2,28,29,34,35);3-8,11H,12-13H2,1-2H3,(H,24,28)(H2,25,26,30,31);2-5,8-9H,10-11H2,1H3,(H,28,29)(H2,24,25,30,31)/t2*26-;23-;22-/m1111/s1. The molecule has 137 heavy (non-hydrogen) atoms. The highest BCUT2D eigenvalue weighted by molar-refractivity contribution is 6.34. The van der Waals surface area contributed by atoms with E-state index in [9.17, 15) is 81.8 Å². The van der Waals surface area contributed by atoms with Gasteiger partial charge in [-0.1, -0.05) is 94.8 Å². The van der Waals surface area contributed by atoms with Crippen molar-refractivity contribution in [2.75, 3.05) is 116 Å². The van der Waals surface area contributed by atoms with E-state index in [1.54, 1.807) is 133 Å². The predicted molar refractivity (Wildman–Crippen MR) is 494 cm³/mol. The second-order valence-electron chi connectivity index (χ2n) is 32.5. The third-order valence-corrected chi connectivity index (χ3v) is 23.2. The number of imide groups is 4. The minimum Gasteiger partial charge on any atom is -0.497 e. The number of aromatic carboxylic acids is 1. The van der Waals surface area contributed by atoms with Crippen molar-refractivity contribution in [1.82, 2.24) is 87.9 Å². The molecule has 4 fully saturated rings. The molecular weight excluding hydrogens is 1810 g/mol. The smallest absolute Gasteiger partial charge is 0.337 e. The molecule has 0 spiro atoms. The number of carboxylic acid groups (broad SMARTS) is 1. The van der Waals surface area contributed by atoms with Crippen molar-refractivity contribution in [3.63, 3.8) is 0 Å². The van der Waals surface area contributed by atoms with E-state index in [0.717, 1.165) is 28.8 Å². The monoisotopic (exact) mass is 1900 g/mol. The first-order chi connectivity index (χ1) is 65.4. The van der Waals surface area contributed by atoms with Gasteiger partial charge < -0.3 is 90.7 Å². The molecule has 0 saturated carbocycles. The van der Waals surface area contributed by atoms with Crippen LogP contribution in [-0.2, 0) is 45.4 Å². The summed E-state index contributed by atoms with van der Waals surface area (Å²) in [7, 11) is 15.2. The molecule has 0 aliphatic carbocycles. The number of halogens is 2. The molecular formula is C97H89Cl2N17O21. The molecule has 0 radical (unpaired) electrons. The minimum absolute atomic E-state index is 0.0422. The summed E-state index contributed by atoms with van der Waals surface area (Å²) < 4.78 is 20.8. The average molecular weight is 1900 g/mol. The first kappa shape index (κ1) is 97.7. The number of ether oxygens (including phenoxy) is 4. The summed E-state index contributed by atoms with van der Waals surface area (Å²) in [6.45, 7) is 2.78. The lowest BCUT2D eigenvalue weighted by Crippen LogP contribution is -2.54. The van der Waals surface area contributed by atoms with E-state index in [1.807, 2.05) is 38.0 Å². The highest BCUT2D eigenvalue weighted by atomic mass is 35.5. The molecule has 0 aromatic heterocycles. The van der Waals surface area contributed by atoms with E-state index in [0.29, 0.717) is 92.7 Å². The second kappa shape index (κ2) is 41.6. The first-order valence-corrected chi connectivity index (χ1v) is 42.8. The van der Waals surface area contributed by atoms with Crippen molar-refractivity contribution < 1.29 is 101 Å². The van der Waals surface area contributed by atoms with Crippen molar-refractivity contribution in [2.24, 2.45) is 0 Å². The molecule has 19 amide bonds. The Morgan fingerprint density at radius 3 is 0.912 bits per heavy atom. The fourth-order valence-corrected chi connectivity index (χ4v) is 15.6. The van der Waals surface area contributed by atoms with E-state index in [1.165, 1.54) is 79.4 Å². The van der Waals surface area contributed by atoms with Gasteiger partial charge in [0.1, 0.15) is 23.0 Å². The molecule has 0 unspecified atom stereocenters. The SMILES string of the molecule is CNC(=O)c1ccc(C#C[C@]2(CN3Cc4ccc(OC)cc4C3=O)NC(=O)NC2=O)cc1.COc1ccc2c(c1)C(=O)N(C[C@@]1(C#Cc3ccc(C(=O)NCCN(C)C)cc3)NC(=O)NC1=O)C2.COc1ccc2c(c1)C(=O)N(C[C@@]1(C#Cc3ccc(Cl)c(C(=O)NCCN(C)C)c3)NC(=O)NC1=O)C2.COc1ccc2c(c1)C(=O)N(C[C@@]1(C#Cc3ccc(Cl)c(C(=O)O)c3)NC(=O)NC1=O)C2. The van der Waals surface area contributed by atoms with E-state index in [2.05, 4.69) is 106 Å². The zero-order valence-electron chi connectivity index (χ0n) is 75.0. The van der Waals surface area contributed by atoms with Crippen LogP contribution in [0, 0.1) is 47.4 Å². The normalized spacial score (nSPS) is 18.6. The number of rotatable bonds is 22. The topological polar surface area (TPSA) is 482 Å². The lowest BCUT2D eigenvalue weighted by Gasteiger charge is -2.26. The number of carbonyl (C=O) groups is 16. The number of methoxy groups -OCH3 is 4. The van der Waals surface area contributed by atoms with Gasteiger partial charge >= 0.3 is 30.1 Å². The van der Waals surface area contributed by atoms with Gasteiger partial charge in [-0.2, -0.15) is 0 Å². The van der Waals surface area contributed by atoms with Crippen molar-refractivity contribution in [3.05, 3.63) is 257 Å². The highest BCUT2D eigenvalue weighted by Gasteiger charge is 2.53. The summed E-state index contributed by atoms with van der Waals surface area (Å²) in [4.78, 5) is 208. The van der Waals surface area contributed by atoms with Gasteiger partial charge in [-0.25, -0.2) is 24.0 Å². The molecule has 8 aliphatic heterocycles. The van der Waals surface area contributed by atoms with Crippen LogP contribution in [0.3, 0.4) is 0 Å².